The number of rotatable bonds is 3. The molecule has 1 aliphatic heterocycles. The number of H-pyrrole nitrogens is 1. The van der Waals surface area contributed by atoms with Crippen molar-refractivity contribution in [2.45, 2.75) is 6.10 Å². The van der Waals surface area contributed by atoms with Crippen LogP contribution in [0.2, 0.25) is 0 Å². The lowest BCUT2D eigenvalue weighted by atomic mass is 10.1. The van der Waals surface area contributed by atoms with Gasteiger partial charge in [-0.05, 0) is 17.7 Å². The molecule has 2 heterocycles. The van der Waals surface area contributed by atoms with Crippen molar-refractivity contribution >= 4 is 11.6 Å². The minimum atomic E-state index is -0.704. The number of pyridine rings is 1. The summed E-state index contributed by atoms with van der Waals surface area (Å²) < 4.78 is 18.9. The van der Waals surface area contributed by atoms with Crippen LogP contribution < -0.4 is 5.56 Å². The molecule has 0 bridgehead atoms. The first-order chi connectivity index (χ1) is 12.0. The van der Waals surface area contributed by atoms with Gasteiger partial charge in [-0.1, -0.05) is 12.1 Å². The zero-order chi connectivity index (χ0) is 18.0. The number of nitro groups is 1. The molecule has 0 aliphatic carbocycles. The number of hydrogen-bond acceptors (Lipinski definition) is 5. The summed E-state index contributed by atoms with van der Waals surface area (Å²) in [6.07, 6.45) is 0.403. The van der Waals surface area contributed by atoms with Crippen molar-refractivity contribution < 1.29 is 18.8 Å². The number of morpholine rings is 1. The van der Waals surface area contributed by atoms with Crippen LogP contribution >= 0.6 is 0 Å². The fourth-order valence-corrected chi connectivity index (χ4v) is 2.65. The maximum absolute atomic E-state index is 13.4. The Kier molecular flexibility index (Phi) is 4.57. The predicted octanol–water partition coefficient (Wildman–Crippen LogP) is 1.64. The molecule has 8 nitrogen and oxygen atoms in total. The number of aromatic nitrogens is 1. The second-order valence-corrected chi connectivity index (χ2v) is 5.52. The summed E-state index contributed by atoms with van der Waals surface area (Å²) in [5.74, 6) is -1.05. The Morgan fingerprint density at radius 3 is 2.92 bits per heavy atom. The molecule has 9 heteroatoms. The van der Waals surface area contributed by atoms with Gasteiger partial charge < -0.3 is 14.6 Å². The highest BCUT2D eigenvalue weighted by atomic mass is 19.1. The lowest BCUT2D eigenvalue weighted by molar-refractivity contribution is -0.385. The molecule has 1 fully saturated rings. The molecule has 1 aliphatic rings. The van der Waals surface area contributed by atoms with Crippen LogP contribution in [0.5, 0.6) is 0 Å². The standard InChI is InChI=1S/C16H14FN3O5/c17-11-3-1-2-10(6-11)14-9-19(4-5-25-14)16(22)13-7-12(20(23)24)8-18-15(13)21/h1-3,6-8,14H,4-5,9H2,(H,18,21)/t14-/m0/s1. The Morgan fingerprint density at radius 2 is 2.20 bits per heavy atom. The minimum absolute atomic E-state index is 0.115. The third-order valence-corrected chi connectivity index (χ3v) is 3.90. The molecule has 25 heavy (non-hydrogen) atoms. The highest BCUT2D eigenvalue weighted by Crippen LogP contribution is 2.24. The molecule has 0 spiro atoms. The Hall–Kier alpha value is -3.07. The van der Waals surface area contributed by atoms with Crippen LogP contribution in [0.25, 0.3) is 0 Å². The second-order valence-electron chi connectivity index (χ2n) is 5.52. The average Bonchev–Trinajstić information content (AvgIpc) is 2.61. The number of carbonyl (C=O) groups is 1. The lowest BCUT2D eigenvalue weighted by Crippen LogP contribution is -2.43. The molecule has 130 valence electrons. The van der Waals surface area contributed by atoms with Gasteiger partial charge >= 0.3 is 0 Å². The first-order valence-electron chi connectivity index (χ1n) is 7.49. The number of hydrogen-bond donors (Lipinski definition) is 1. The summed E-state index contributed by atoms with van der Waals surface area (Å²) in [6.45, 7) is 0.553. The molecule has 1 atom stereocenters. The number of amides is 1. The number of carbonyl (C=O) groups excluding carboxylic acids is 1. The van der Waals surface area contributed by atoms with Crippen molar-refractivity contribution in [3.63, 3.8) is 0 Å². The summed E-state index contributed by atoms with van der Waals surface area (Å²) >= 11 is 0. The summed E-state index contributed by atoms with van der Waals surface area (Å²) in [6, 6.07) is 6.80. The highest BCUT2D eigenvalue weighted by molar-refractivity contribution is 5.94. The van der Waals surface area contributed by atoms with Gasteiger partial charge in [-0.15, -0.1) is 0 Å². The largest absolute Gasteiger partial charge is 0.370 e. The SMILES string of the molecule is O=C(c1cc([N+](=O)[O-])c[nH]c1=O)N1CCO[C@H](c2cccc(F)c2)C1. The molecular weight excluding hydrogens is 333 g/mol. The fraction of sp³-hybridized carbons (Fsp3) is 0.250. The summed E-state index contributed by atoms with van der Waals surface area (Å²) in [5.41, 5.74) is -0.818. The van der Waals surface area contributed by atoms with Gasteiger partial charge in [-0.2, -0.15) is 0 Å². The van der Waals surface area contributed by atoms with Gasteiger partial charge in [0.05, 0.1) is 24.3 Å². The highest BCUT2D eigenvalue weighted by Gasteiger charge is 2.28. The van der Waals surface area contributed by atoms with E-state index in [1.807, 2.05) is 0 Å². The molecule has 1 aromatic carbocycles. The summed E-state index contributed by atoms with van der Waals surface area (Å²) in [4.78, 5) is 38.2. The van der Waals surface area contributed by atoms with Crippen molar-refractivity contribution in [2.75, 3.05) is 19.7 Å². The Labute approximate surface area is 141 Å². The van der Waals surface area contributed by atoms with Crippen molar-refractivity contribution in [3.8, 4) is 0 Å². The van der Waals surface area contributed by atoms with Crippen molar-refractivity contribution in [3.05, 3.63) is 73.9 Å². The first kappa shape index (κ1) is 16.8. The molecule has 0 saturated carbocycles. The number of aromatic amines is 1. The topological polar surface area (TPSA) is 106 Å². The zero-order valence-electron chi connectivity index (χ0n) is 13.0. The molecule has 2 aromatic rings. The zero-order valence-corrected chi connectivity index (χ0v) is 13.0. The van der Waals surface area contributed by atoms with E-state index >= 15 is 0 Å². The number of halogens is 1. The van der Waals surface area contributed by atoms with Gasteiger partial charge in [0.2, 0.25) is 0 Å². The minimum Gasteiger partial charge on any atom is -0.370 e. The normalized spacial score (nSPS) is 17.3. The summed E-state index contributed by atoms with van der Waals surface area (Å²) in [7, 11) is 0. The molecule has 0 unspecified atom stereocenters. The molecule has 1 aromatic heterocycles. The van der Waals surface area contributed by atoms with Gasteiger partial charge in [0.15, 0.2) is 0 Å². The van der Waals surface area contributed by atoms with Gasteiger partial charge in [0.25, 0.3) is 17.2 Å². The number of benzene rings is 1. The van der Waals surface area contributed by atoms with Crippen LogP contribution in [0.15, 0.2) is 41.3 Å². The van der Waals surface area contributed by atoms with E-state index in [2.05, 4.69) is 4.98 Å². The maximum atomic E-state index is 13.4. The molecule has 1 amide bonds. The lowest BCUT2D eigenvalue weighted by Gasteiger charge is -2.33. The second kappa shape index (κ2) is 6.81. The van der Waals surface area contributed by atoms with E-state index in [1.165, 1.54) is 17.0 Å². The fourth-order valence-electron chi connectivity index (χ4n) is 2.65. The van der Waals surface area contributed by atoms with Crippen LogP contribution in [-0.2, 0) is 4.74 Å². The van der Waals surface area contributed by atoms with E-state index in [4.69, 9.17) is 4.74 Å². The number of ether oxygens (including phenoxy) is 1. The van der Waals surface area contributed by atoms with Gasteiger partial charge in [-0.3, -0.25) is 19.7 Å². The molecule has 1 saturated heterocycles. The maximum Gasteiger partial charge on any atom is 0.286 e. The van der Waals surface area contributed by atoms with Crippen LogP contribution in [0.4, 0.5) is 10.1 Å². The molecular formula is C16H14FN3O5. The van der Waals surface area contributed by atoms with Gasteiger partial charge in [0, 0.05) is 12.6 Å². The number of nitrogens with one attached hydrogen (secondary N) is 1. The van der Waals surface area contributed by atoms with Crippen molar-refractivity contribution in [1.29, 1.82) is 0 Å². The van der Waals surface area contributed by atoms with E-state index in [0.29, 0.717) is 5.56 Å². The Bertz CT molecular complexity index is 882. The smallest absolute Gasteiger partial charge is 0.286 e. The Morgan fingerprint density at radius 1 is 1.40 bits per heavy atom. The molecule has 3 rings (SSSR count). The first-order valence-corrected chi connectivity index (χ1v) is 7.49. The molecule has 1 N–H and O–H groups in total. The van der Waals surface area contributed by atoms with Gasteiger partial charge in [-0.25, -0.2) is 4.39 Å². The number of nitrogens with zero attached hydrogens (tertiary/aromatic N) is 2. The summed E-state index contributed by atoms with van der Waals surface area (Å²) in [5, 5.41) is 10.8. The van der Waals surface area contributed by atoms with Crippen molar-refractivity contribution in [1.82, 2.24) is 9.88 Å². The van der Waals surface area contributed by atoms with Crippen LogP contribution in [0.1, 0.15) is 22.0 Å². The van der Waals surface area contributed by atoms with E-state index < -0.39 is 28.3 Å². The average molecular weight is 347 g/mol. The van der Waals surface area contributed by atoms with Gasteiger partial charge in [0.1, 0.15) is 17.5 Å². The van der Waals surface area contributed by atoms with Crippen molar-refractivity contribution in [2.24, 2.45) is 0 Å². The third kappa shape index (κ3) is 3.56. The van der Waals surface area contributed by atoms with E-state index in [1.54, 1.807) is 12.1 Å². The van der Waals surface area contributed by atoms with Crippen LogP contribution in [0.3, 0.4) is 0 Å². The van der Waals surface area contributed by atoms with E-state index in [9.17, 15) is 24.1 Å². The van der Waals surface area contributed by atoms with Crippen LogP contribution in [0, 0.1) is 15.9 Å². The van der Waals surface area contributed by atoms with E-state index in [-0.39, 0.29) is 30.9 Å². The third-order valence-electron chi connectivity index (χ3n) is 3.90. The molecule has 0 radical (unpaired) electrons. The Balaban J connectivity index is 1.84. The van der Waals surface area contributed by atoms with E-state index in [0.717, 1.165) is 12.3 Å². The predicted molar refractivity (Wildman–Crippen MR) is 84.7 cm³/mol. The monoisotopic (exact) mass is 347 g/mol. The quantitative estimate of drug-likeness (QED) is 0.671. The van der Waals surface area contributed by atoms with Crippen LogP contribution in [-0.4, -0.2) is 40.4 Å².